The number of carbonyl (C=O) groups excluding carboxylic acids is 1. The summed E-state index contributed by atoms with van der Waals surface area (Å²) in [4.78, 5) is 12.5. The zero-order valence-electron chi connectivity index (χ0n) is 16.2. The number of hydrogen-bond acceptors (Lipinski definition) is 4. The Labute approximate surface area is 160 Å². The third-order valence-electron chi connectivity index (χ3n) is 4.81. The van der Waals surface area contributed by atoms with Crippen molar-refractivity contribution in [1.82, 2.24) is 5.32 Å². The lowest BCUT2D eigenvalue weighted by Gasteiger charge is -2.20. The van der Waals surface area contributed by atoms with Crippen LogP contribution in [0.5, 0.6) is 17.2 Å². The molecule has 0 aromatic heterocycles. The average Bonchev–Trinajstić information content (AvgIpc) is 2.70. The van der Waals surface area contributed by atoms with Crippen LogP contribution < -0.4 is 19.5 Å². The summed E-state index contributed by atoms with van der Waals surface area (Å²) in [6, 6.07) is 11.9. The lowest BCUT2D eigenvalue weighted by Crippen LogP contribution is -2.28. The summed E-state index contributed by atoms with van der Waals surface area (Å²) in [6.45, 7) is 5.23. The lowest BCUT2D eigenvalue weighted by atomic mass is 10.0. The molecule has 0 saturated heterocycles. The molecular formula is C22H27NO4. The predicted molar refractivity (Wildman–Crippen MR) is 105 cm³/mol. The molecule has 3 rings (SSSR count). The van der Waals surface area contributed by atoms with Crippen LogP contribution in [0.4, 0.5) is 0 Å². The Morgan fingerprint density at radius 2 is 1.93 bits per heavy atom. The molecule has 1 atom stereocenters. The first-order chi connectivity index (χ1) is 13.1. The number of amides is 1. The standard InChI is InChI=1S/C22H27NO4/c1-4-18(17-7-9-19(25-3)15(2)13-17)23-22(24)10-6-16-5-8-20-21(14-16)27-12-11-26-20/h5,7-9,13-14,18H,4,6,10-12H2,1-3H3,(H,23,24)/t18-/m1/s1. The molecule has 2 aromatic carbocycles. The minimum Gasteiger partial charge on any atom is -0.496 e. The average molecular weight is 369 g/mol. The molecule has 0 radical (unpaired) electrons. The number of methoxy groups -OCH3 is 1. The van der Waals surface area contributed by atoms with Gasteiger partial charge in [-0.3, -0.25) is 4.79 Å². The van der Waals surface area contributed by atoms with E-state index in [4.69, 9.17) is 14.2 Å². The molecule has 1 aliphatic heterocycles. The molecule has 1 N–H and O–H groups in total. The van der Waals surface area contributed by atoms with Crippen molar-refractivity contribution in [2.24, 2.45) is 0 Å². The molecule has 144 valence electrons. The van der Waals surface area contributed by atoms with Gasteiger partial charge >= 0.3 is 0 Å². The van der Waals surface area contributed by atoms with Gasteiger partial charge in [-0.2, -0.15) is 0 Å². The molecule has 5 nitrogen and oxygen atoms in total. The first kappa shape index (κ1) is 19.1. The fraction of sp³-hybridized carbons (Fsp3) is 0.409. The monoisotopic (exact) mass is 369 g/mol. The number of rotatable bonds is 7. The van der Waals surface area contributed by atoms with Crippen molar-refractivity contribution >= 4 is 5.91 Å². The van der Waals surface area contributed by atoms with Gasteiger partial charge in [-0.25, -0.2) is 0 Å². The van der Waals surface area contributed by atoms with Crippen LogP contribution in [0, 0.1) is 6.92 Å². The molecule has 0 aliphatic carbocycles. The van der Waals surface area contributed by atoms with Crippen LogP contribution in [0.15, 0.2) is 36.4 Å². The smallest absolute Gasteiger partial charge is 0.220 e. The quantitative estimate of drug-likeness (QED) is 0.802. The van der Waals surface area contributed by atoms with E-state index in [0.29, 0.717) is 26.1 Å². The van der Waals surface area contributed by atoms with Crippen molar-refractivity contribution < 1.29 is 19.0 Å². The molecule has 0 unspecified atom stereocenters. The van der Waals surface area contributed by atoms with Crippen LogP contribution in [0.2, 0.25) is 0 Å². The molecule has 0 saturated carbocycles. The zero-order valence-corrected chi connectivity index (χ0v) is 16.2. The van der Waals surface area contributed by atoms with Gasteiger partial charge in [0.25, 0.3) is 0 Å². The van der Waals surface area contributed by atoms with Crippen molar-refractivity contribution in [3.8, 4) is 17.2 Å². The number of ether oxygens (including phenoxy) is 3. The van der Waals surface area contributed by atoms with Gasteiger partial charge in [-0.1, -0.05) is 25.1 Å². The van der Waals surface area contributed by atoms with Gasteiger partial charge in [0.2, 0.25) is 5.91 Å². The highest BCUT2D eigenvalue weighted by molar-refractivity contribution is 5.76. The predicted octanol–water partition coefficient (Wildman–Crippen LogP) is 3.97. The van der Waals surface area contributed by atoms with E-state index in [1.165, 1.54) is 0 Å². The van der Waals surface area contributed by atoms with Crippen LogP contribution in [0.25, 0.3) is 0 Å². The molecule has 1 heterocycles. The Morgan fingerprint density at radius 1 is 1.15 bits per heavy atom. The second kappa shape index (κ2) is 8.80. The Bertz CT molecular complexity index is 803. The zero-order chi connectivity index (χ0) is 19.2. The van der Waals surface area contributed by atoms with Gasteiger partial charge in [-0.05, 0) is 54.7 Å². The third-order valence-corrected chi connectivity index (χ3v) is 4.81. The van der Waals surface area contributed by atoms with E-state index in [1.807, 2.05) is 37.3 Å². The first-order valence-electron chi connectivity index (χ1n) is 9.43. The number of hydrogen-bond donors (Lipinski definition) is 1. The van der Waals surface area contributed by atoms with Crippen LogP contribution in [-0.2, 0) is 11.2 Å². The minimum absolute atomic E-state index is 0.00220. The maximum Gasteiger partial charge on any atom is 0.220 e. The molecule has 0 fully saturated rings. The van der Waals surface area contributed by atoms with Crippen LogP contribution in [-0.4, -0.2) is 26.2 Å². The molecule has 1 amide bonds. The SMILES string of the molecule is CC[C@@H](NC(=O)CCc1ccc2c(c1)OCCO2)c1ccc(OC)c(C)c1. The van der Waals surface area contributed by atoms with Crippen LogP contribution in [0.3, 0.4) is 0 Å². The Morgan fingerprint density at radius 3 is 2.63 bits per heavy atom. The van der Waals surface area contributed by atoms with E-state index < -0.39 is 0 Å². The molecule has 5 heteroatoms. The van der Waals surface area contributed by atoms with Gasteiger partial charge in [0.05, 0.1) is 13.2 Å². The number of fused-ring (bicyclic) bond motifs is 1. The van der Waals surface area contributed by atoms with Gasteiger partial charge in [0.15, 0.2) is 11.5 Å². The number of nitrogens with one attached hydrogen (secondary N) is 1. The fourth-order valence-electron chi connectivity index (χ4n) is 3.31. The molecule has 0 spiro atoms. The van der Waals surface area contributed by atoms with E-state index in [9.17, 15) is 4.79 Å². The normalized spacial score (nSPS) is 13.7. The second-order valence-electron chi connectivity index (χ2n) is 6.74. The van der Waals surface area contributed by atoms with E-state index >= 15 is 0 Å². The van der Waals surface area contributed by atoms with Crippen molar-refractivity contribution in [1.29, 1.82) is 0 Å². The minimum atomic E-state index is 0.00220. The topological polar surface area (TPSA) is 56.8 Å². The molecule has 2 aromatic rings. The van der Waals surface area contributed by atoms with Crippen molar-refractivity contribution in [2.45, 2.75) is 39.2 Å². The number of carbonyl (C=O) groups is 1. The van der Waals surface area contributed by atoms with E-state index in [0.717, 1.165) is 40.4 Å². The Balaban J connectivity index is 1.58. The van der Waals surface area contributed by atoms with Gasteiger partial charge in [0, 0.05) is 6.42 Å². The second-order valence-corrected chi connectivity index (χ2v) is 6.74. The lowest BCUT2D eigenvalue weighted by molar-refractivity contribution is -0.121. The van der Waals surface area contributed by atoms with Crippen molar-refractivity contribution in [3.63, 3.8) is 0 Å². The Kier molecular flexibility index (Phi) is 6.22. The number of aryl methyl sites for hydroxylation is 2. The van der Waals surface area contributed by atoms with Crippen molar-refractivity contribution in [3.05, 3.63) is 53.1 Å². The largest absolute Gasteiger partial charge is 0.496 e. The summed E-state index contributed by atoms with van der Waals surface area (Å²) >= 11 is 0. The fourth-order valence-corrected chi connectivity index (χ4v) is 3.31. The summed E-state index contributed by atoms with van der Waals surface area (Å²) in [5, 5.41) is 3.14. The van der Waals surface area contributed by atoms with Crippen LogP contribution >= 0.6 is 0 Å². The van der Waals surface area contributed by atoms with Crippen LogP contribution in [0.1, 0.15) is 42.5 Å². The number of benzene rings is 2. The maximum atomic E-state index is 12.5. The summed E-state index contributed by atoms with van der Waals surface area (Å²) in [5.41, 5.74) is 3.24. The summed E-state index contributed by atoms with van der Waals surface area (Å²) in [6.07, 6.45) is 1.94. The van der Waals surface area contributed by atoms with Crippen molar-refractivity contribution in [2.75, 3.05) is 20.3 Å². The molecule has 1 aliphatic rings. The highest BCUT2D eigenvalue weighted by Gasteiger charge is 2.15. The summed E-state index contributed by atoms with van der Waals surface area (Å²) in [5.74, 6) is 2.44. The highest BCUT2D eigenvalue weighted by atomic mass is 16.6. The highest BCUT2D eigenvalue weighted by Crippen LogP contribution is 2.31. The van der Waals surface area contributed by atoms with Gasteiger partial charge < -0.3 is 19.5 Å². The summed E-state index contributed by atoms with van der Waals surface area (Å²) < 4.78 is 16.5. The molecule has 27 heavy (non-hydrogen) atoms. The first-order valence-corrected chi connectivity index (χ1v) is 9.43. The van der Waals surface area contributed by atoms with Gasteiger partial charge in [0.1, 0.15) is 19.0 Å². The molecule has 0 bridgehead atoms. The molecular weight excluding hydrogens is 342 g/mol. The maximum absolute atomic E-state index is 12.5. The van der Waals surface area contributed by atoms with E-state index in [1.54, 1.807) is 7.11 Å². The Hall–Kier alpha value is -2.69. The van der Waals surface area contributed by atoms with Gasteiger partial charge in [-0.15, -0.1) is 0 Å². The third kappa shape index (κ3) is 4.73. The van der Waals surface area contributed by atoms with E-state index in [-0.39, 0.29) is 11.9 Å². The van der Waals surface area contributed by atoms with E-state index in [2.05, 4.69) is 18.3 Å². The summed E-state index contributed by atoms with van der Waals surface area (Å²) in [7, 11) is 1.67.